The van der Waals surface area contributed by atoms with Gasteiger partial charge >= 0.3 is 5.97 Å². The molecule has 156 valence electrons. The Kier molecular flexibility index (Phi) is 6.27. The van der Waals surface area contributed by atoms with Crippen LogP contribution in [0.25, 0.3) is 0 Å². The van der Waals surface area contributed by atoms with Gasteiger partial charge in [-0.2, -0.15) is 0 Å². The van der Waals surface area contributed by atoms with Gasteiger partial charge in [0.15, 0.2) is 5.78 Å². The quantitative estimate of drug-likeness (QED) is 0.671. The highest BCUT2D eigenvalue weighted by molar-refractivity contribution is 6.30. The first kappa shape index (κ1) is 21.7. The van der Waals surface area contributed by atoms with E-state index in [0.29, 0.717) is 31.1 Å². The largest absolute Gasteiger partial charge is 0.481 e. The van der Waals surface area contributed by atoms with Gasteiger partial charge in [-0.05, 0) is 55.5 Å². The zero-order chi connectivity index (χ0) is 21.2. The second-order valence-electron chi connectivity index (χ2n) is 7.52. The van der Waals surface area contributed by atoms with E-state index in [1.165, 1.54) is 36.4 Å². The molecule has 7 heteroatoms. The van der Waals surface area contributed by atoms with Crippen LogP contribution in [0.15, 0.2) is 48.3 Å². The number of carbonyl (C=O) groups excluding carboxylic acids is 1. The third kappa shape index (κ3) is 3.43. The van der Waals surface area contributed by atoms with Crippen LogP contribution >= 0.6 is 11.6 Å². The van der Waals surface area contributed by atoms with Crippen molar-refractivity contribution >= 4 is 23.4 Å². The molecule has 0 amide bonds. The van der Waals surface area contributed by atoms with Gasteiger partial charge in [0, 0.05) is 23.8 Å². The fourth-order valence-corrected chi connectivity index (χ4v) is 4.88. The summed E-state index contributed by atoms with van der Waals surface area (Å²) >= 11 is 5.92. The zero-order valence-electron chi connectivity index (χ0n) is 16.1. The van der Waals surface area contributed by atoms with Crippen molar-refractivity contribution in [1.29, 1.82) is 0 Å². The standard InChI is InChI=1S/C22H24ClFO5/c1-2-21(28,15-10-12-29-13-11-15)22(17(20(26)27)4-3-5-18(22)24)19(25)14-6-8-16(23)9-7-14/h3-9,15,17,28H,2,10-13H2,1H3,(H,26,27). The number of Topliss-reactive ketones (excluding diaryl/α,β-unsaturated/α-hetero) is 1. The molecule has 1 aromatic rings. The highest BCUT2D eigenvalue weighted by atomic mass is 35.5. The van der Waals surface area contributed by atoms with Gasteiger partial charge in [-0.1, -0.05) is 30.7 Å². The smallest absolute Gasteiger partial charge is 0.311 e. The number of ether oxygens (including phenoxy) is 1. The first-order valence-corrected chi connectivity index (χ1v) is 10.0. The van der Waals surface area contributed by atoms with E-state index in [1.807, 2.05) is 0 Å². The fourth-order valence-electron chi connectivity index (χ4n) is 4.76. The van der Waals surface area contributed by atoms with Gasteiger partial charge in [0.05, 0.1) is 11.5 Å². The van der Waals surface area contributed by atoms with Crippen molar-refractivity contribution < 1.29 is 28.9 Å². The number of aliphatic carboxylic acids is 1. The molecular weight excluding hydrogens is 399 g/mol. The number of hydrogen-bond donors (Lipinski definition) is 2. The molecule has 0 radical (unpaired) electrons. The zero-order valence-corrected chi connectivity index (χ0v) is 16.9. The molecule has 3 atom stereocenters. The predicted octanol–water partition coefficient (Wildman–Crippen LogP) is 4.20. The van der Waals surface area contributed by atoms with E-state index in [-0.39, 0.29) is 12.0 Å². The van der Waals surface area contributed by atoms with E-state index in [1.54, 1.807) is 6.92 Å². The number of carboxylic acid groups (broad SMARTS) is 1. The van der Waals surface area contributed by atoms with Crippen LogP contribution in [-0.4, -0.2) is 40.8 Å². The Morgan fingerprint density at radius 1 is 1.28 bits per heavy atom. The lowest BCUT2D eigenvalue weighted by molar-refractivity contribution is -0.164. The van der Waals surface area contributed by atoms with Crippen molar-refractivity contribution in [2.45, 2.75) is 31.8 Å². The minimum absolute atomic E-state index is 0.00980. The van der Waals surface area contributed by atoms with Gasteiger partial charge < -0.3 is 14.9 Å². The number of ketones is 1. The molecule has 0 saturated carbocycles. The number of allylic oxidation sites excluding steroid dienone is 2. The van der Waals surface area contributed by atoms with Crippen LogP contribution in [-0.2, 0) is 9.53 Å². The van der Waals surface area contributed by atoms with Crippen LogP contribution in [0.5, 0.6) is 0 Å². The number of hydrogen-bond acceptors (Lipinski definition) is 4. The highest BCUT2D eigenvalue weighted by Crippen LogP contribution is 2.56. The lowest BCUT2D eigenvalue weighted by atomic mass is 9.52. The van der Waals surface area contributed by atoms with Gasteiger partial charge in [0.25, 0.3) is 0 Å². The average Bonchev–Trinajstić information content (AvgIpc) is 2.73. The summed E-state index contributed by atoms with van der Waals surface area (Å²) in [5.41, 5.74) is -4.10. The molecule has 3 rings (SSSR count). The fraction of sp³-hybridized carbons (Fsp3) is 0.455. The van der Waals surface area contributed by atoms with E-state index in [2.05, 4.69) is 0 Å². The average molecular weight is 423 g/mol. The lowest BCUT2D eigenvalue weighted by Crippen LogP contribution is -2.63. The second kappa shape index (κ2) is 8.38. The molecule has 0 aromatic heterocycles. The van der Waals surface area contributed by atoms with Crippen molar-refractivity contribution in [2.75, 3.05) is 13.2 Å². The maximum Gasteiger partial charge on any atom is 0.311 e. The molecule has 2 aliphatic rings. The Hall–Kier alpha value is -2.02. The normalized spacial score (nSPS) is 27.2. The molecule has 5 nitrogen and oxygen atoms in total. The Balaban J connectivity index is 2.26. The Morgan fingerprint density at radius 2 is 1.90 bits per heavy atom. The first-order valence-electron chi connectivity index (χ1n) is 9.66. The molecule has 2 N–H and O–H groups in total. The molecule has 1 aromatic carbocycles. The van der Waals surface area contributed by atoms with Crippen molar-refractivity contribution in [2.24, 2.45) is 17.3 Å². The van der Waals surface area contributed by atoms with Crippen molar-refractivity contribution in [3.8, 4) is 0 Å². The highest BCUT2D eigenvalue weighted by Gasteiger charge is 2.66. The van der Waals surface area contributed by atoms with Gasteiger partial charge in [0.2, 0.25) is 0 Å². The Morgan fingerprint density at radius 3 is 2.45 bits per heavy atom. The summed E-state index contributed by atoms with van der Waals surface area (Å²) < 4.78 is 21.0. The molecular formula is C22H24ClFO5. The van der Waals surface area contributed by atoms with Gasteiger partial charge in [0.1, 0.15) is 11.2 Å². The SMILES string of the molecule is CCC(O)(C1CCOCC1)C1(C(=O)c2ccc(Cl)cc2)C(F)=CC=CC1C(=O)O. The number of carboxylic acids is 1. The molecule has 1 aliphatic carbocycles. The van der Waals surface area contributed by atoms with Crippen LogP contribution < -0.4 is 0 Å². The van der Waals surface area contributed by atoms with Crippen LogP contribution in [0.4, 0.5) is 4.39 Å². The molecule has 1 heterocycles. The van der Waals surface area contributed by atoms with E-state index in [0.717, 1.165) is 6.08 Å². The van der Waals surface area contributed by atoms with Crippen molar-refractivity contribution in [1.82, 2.24) is 0 Å². The second-order valence-corrected chi connectivity index (χ2v) is 7.96. The summed E-state index contributed by atoms with van der Waals surface area (Å²) in [6.07, 6.45) is 4.45. The number of rotatable bonds is 6. The lowest BCUT2D eigenvalue weighted by Gasteiger charge is -2.52. The van der Waals surface area contributed by atoms with Crippen molar-refractivity contribution in [3.05, 3.63) is 58.9 Å². The summed E-state index contributed by atoms with van der Waals surface area (Å²) in [6.45, 7) is 2.37. The number of carbonyl (C=O) groups is 2. The van der Waals surface area contributed by atoms with E-state index >= 15 is 4.39 Å². The number of aliphatic hydroxyl groups is 1. The van der Waals surface area contributed by atoms with Crippen LogP contribution in [0.2, 0.25) is 5.02 Å². The minimum Gasteiger partial charge on any atom is -0.481 e. The molecule has 3 unspecified atom stereocenters. The molecule has 29 heavy (non-hydrogen) atoms. The van der Waals surface area contributed by atoms with Gasteiger partial charge in [-0.15, -0.1) is 0 Å². The van der Waals surface area contributed by atoms with Crippen LogP contribution in [0.1, 0.15) is 36.5 Å². The Labute approximate surface area is 173 Å². The summed E-state index contributed by atoms with van der Waals surface area (Å²) in [5, 5.41) is 22.2. The van der Waals surface area contributed by atoms with E-state index in [9.17, 15) is 19.8 Å². The maximum absolute atomic E-state index is 15.7. The van der Waals surface area contributed by atoms with E-state index in [4.69, 9.17) is 16.3 Å². The maximum atomic E-state index is 15.7. The van der Waals surface area contributed by atoms with Gasteiger partial charge in [-0.3, -0.25) is 9.59 Å². The minimum atomic E-state index is -2.28. The summed E-state index contributed by atoms with van der Waals surface area (Å²) in [6, 6.07) is 5.82. The number of halogens is 2. The predicted molar refractivity (Wildman–Crippen MR) is 106 cm³/mol. The topological polar surface area (TPSA) is 83.8 Å². The Bertz CT molecular complexity index is 843. The molecule has 1 fully saturated rings. The van der Waals surface area contributed by atoms with Crippen LogP contribution in [0.3, 0.4) is 0 Å². The third-order valence-electron chi connectivity index (χ3n) is 6.24. The molecule has 1 aliphatic heterocycles. The monoisotopic (exact) mass is 422 g/mol. The van der Waals surface area contributed by atoms with E-state index < -0.39 is 40.4 Å². The summed E-state index contributed by atoms with van der Waals surface area (Å²) in [7, 11) is 0. The summed E-state index contributed by atoms with van der Waals surface area (Å²) in [5.74, 6) is -5.13. The molecule has 0 spiro atoms. The van der Waals surface area contributed by atoms with Crippen LogP contribution in [0, 0.1) is 17.3 Å². The first-order chi connectivity index (χ1) is 13.8. The van der Waals surface area contributed by atoms with Crippen molar-refractivity contribution in [3.63, 3.8) is 0 Å². The third-order valence-corrected chi connectivity index (χ3v) is 6.49. The molecule has 0 bridgehead atoms. The molecule has 1 saturated heterocycles. The number of benzene rings is 1. The van der Waals surface area contributed by atoms with Gasteiger partial charge in [-0.25, -0.2) is 4.39 Å². The summed E-state index contributed by atoms with van der Waals surface area (Å²) in [4.78, 5) is 26.0.